The first-order valence-electron chi connectivity index (χ1n) is 7.57. The number of ether oxygens (including phenoxy) is 1. The van der Waals surface area contributed by atoms with E-state index in [9.17, 15) is 8.78 Å². The molecule has 0 saturated carbocycles. The zero-order valence-corrected chi connectivity index (χ0v) is 13.1. The van der Waals surface area contributed by atoms with Crippen LogP contribution in [0.5, 0.6) is 5.75 Å². The lowest BCUT2D eigenvalue weighted by Gasteiger charge is -2.21. The third kappa shape index (κ3) is 6.87. The molecule has 1 N–H and O–H groups in total. The predicted molar refractivity (Wildman–Crippen MR) is 81.9 cm³/mol. The van der Waals surface area contributed by atoms with Gasteiger partial charge in [-0.25, -0.2) is 0 Å². The van der Waals surface area contributed by atoms with Crippen LogP contribution in [0, 0.1) is 0 Å². The van der Waals surface area contributed by atoms with Crippen molar-refractivity contribution in [1.82, 2.24) is 10.2 Å². The lowest BCUT2D eigenvalue weighted by Crippen LogP contribution is -2.33. The Morgan fingerprint density at radius 3 is 2.33 bits per heavy atom. The normalized spacial score (nSPS) is 12.9. The van der Waals surface area contributed by atoms with E-state index >= 15 is 0 Å². The van der Waals surface area contributed by atoms with E-state index in [1.807, 2.05) is 12.1 Å². The van der Waals surface area contributed by atoms with Crippen molar-refractivity contribution in [2.45, 2.75) is 39.8 Å². The van der Waals surface area contributed by atoms with Gasteiger partial charge in [-0.1, -0.05) is 26.0 Å². The molecular weight excluding hydrogens is 274 g/mol. The molecule has 0 spiro atoms. The number of hydrogen-bond acceptors (Lipinski definition) is 3. The maximum Gasteiger partial charge on any atom is 0.387 e. The first-order chi connectivity index (χ1) is 10.1. The highest BCUT2D eigenvalue weighted by molar-refractivity contribution is 5.28. The van der Waals surface area contributed by atoms with Crippen molar-refractivity contribution in [2.24, 2.45) is 0 Å². The average molecular weight is 300 g/mol. The Bertz CT molecular complexity index is 384. The predicted octanol–water partition coefficient (Wildman–Crippen LogP) is 3.67. The second kappa shape index (κ2) is 9.68. The Labute approximate surface area is 126 Å². The van der Waals surface area contributed by atoms with Gasteiger partial charge in [0.15, 0.2) is 0 Å². The summed E-state index contributed by atoms with van der Waals surface area (Å²) in [5, 5.41) is 3.45. The molecule has 1 atom stereocenters. The van der Waals surface area contributed by atoms with E-state index in [0.29, 0.717) is 0 Å². The van der Waals surface area contributed by atoms with Crippen LogP contribution in [-0.4, -0.2) is 37.7 Å². The standard InChI is InChI=1S/C16H26F2N2O/c1-4-11-20(5-2)12-10-19-13(3)14-6-8-15(9-7-14)21-16(17)18/h6-9,13,16,19H,4-5,10-12H2,1-3H3. The molecule has 1 aromatic rings. The van der Waals surface area contributed by atoms with Crippen LogP contribution >= 0.6 is 0 Å². The Morgan fingerprint density at radius 2 is 1.81 bits per heavy atom. The van der Waals surface area contributed by atoms with Crippen LogP contribution in [0.15, 0.2) is 24.3 Å². The summed E-state index contributed by atoms with van der Waals surface area (Å²) in [7, 11) is 0. The molecule has 0 aliphatic rings. The Hall–Kier alpha value is -1.20. The van der Waals surface area contributed by atoms with Gasteiger partial charge in [0.25, 0.3) is 0 Å². The van der Waals surface area contributed by atoms with E-state index in [2.05, 4.69) is 35.7 Å². The summed E-state index contributed by atoms with van der Waals surface area (Å²) in [6.07, 6.45) is 1.16. The van der Waals surface area contributed by atoms with E-state index in [0.717, 1.165) is 38.2 Å². The van der Waals surface area contributed by atoms with Crippen molar-refractivity contribution < 1.29 is 13.5 Å². The van der Waals surface area contributed by atoms with Crippen molar-refractivity contribution in [3.05, 3.63) is 29.8 Å². The number of nitrogens with one attached hydrogen (secondary N) is 1. The number of rotatable bonds is 10. The van der Waals surface area contributed by atoms with Gasteiger partial charge in [0.05, 0.1) is 0 Å². The van der Waals surface area contributed by atoms with Gasteiger partial charge < -0.3 is 15.0 Å². The zero-order valence-electron chi connectivity index (χ0n) is 13.1. The van der Waals surface area contributed by atoms with Gasteiger partial charge in [-0.3, -0.25) is 0 Å². The summed E-state index contributed by atoms with van der Waals surface area (Å²) < 4.78 is 28.5. The van der Waals surface area contributed by atoms with Gasteiger partial charge in [-0.2, -0.15) is 8.78 Å². The minimum absolute atomic E-state index is 0.186. The van der Waals surface area contributed by atoms with Gasteiger partial charge in [-0.05, 0) is 44.1 Å². The molecule has 0 aromatic heterocycles. The van der Waals surface area contributed by atoms with Crippen LogP contribution in [-0.2, 0) is 0 Å². The number of benzene rings is 1. The molecule has 1 aromatic carbocycles. The highest BCUT2D eigenvalue weighted by Crippen LogP contribution is 2.18. The third-order valence-corrected chi connectivity index (χ3v) is 3.47. The van der Waals surface area contributed by atoms with Crippen LogP contribution in [0.1, 0.15) is 38.8 Å². The lowest BCUT2D eigenvalue weighted by molar-refractivity contribution is -0.0498. The number of hydrogen-bond donors (Lipinski definition) is 1. The third-order valence-electron chi connectivity index (χ3n) is 3.47. The minimum Gasteiger partial charge on any atom is -0.435 e. The highest BCUT2D eigenvalue weighted by Gasteiger charge is 2.08. The van der Waals surface area contributed by atoms with E-state index < -0.39 is 6.61 Å². The number of nitrogens with zero attached hydrogens (tertiary/aromatic N) is 1. The molecule has 0 fully saturated rings. The molecule has 0 heterocycles. The van der Waals surface area contributed by atoms with Crippen LogP contribution < -0.4 is 10.1 Å². The molecule has 0 amide bonds. The van der Waals surface area contributed by atoms with E-state index in [1.165, 1.54) is 0 Å². The summed E-state index contributed by atoms with van der Waals surface area (Å²) in [5.74, 6) is 0.195. The number of halogens is 2. The van der Waals surface area contributed by atoms with Crippen molar-refractivity contribution in [3.8, 4) is 5.75 Å². The molecule has 0 aliphatic carbocycles. The van der Waals surface area contributed by atoms with Gasteiger partial charge in [-0.15, -0.1) is 0 Å². The maximum atomic E-state index is 12.1. The number of alkyl halides is 2. The molecule has 120 valence electrons. The molecule has 1 rings (SSSR count). The van der Waals surface area contributed by atoms with Gasteiger partial charge in [0, 0.05) is 19.1 Å². The molecule has 3 nitrogen and oxygen atoms in total. The largest absolute Gasteiger partial charge is 0.435 e. The smallest absolute Gasteiger partial charge is 0.387 e. The molecular formula is C16H26F2N2O. The molecule has 21 heavy (non-hydrogen) atoms. The lowest BCUT2D eigenvalue weighted by atomic mass is 10.1. The molecule has 0 saturated heterocycles. The van der Waals surface area contributed by atoms with Crippen LogP contribution in [0.4, 0.5) is 8.78 Å². The summed E-state index contributed by atoms with van der Waals surface area (Å²) >= 11 is 0. The molecule has 5 heteroatoms. The fourth-order valence-electron chi connectivity index (χ4n) is 2.24. The molecule has 0 bridgehead atoms. The van der Waals surface area contributed by atoms with Gasteiger partial charge >= 0.3 is 6.61 Å². The molecule has 0 radical (unpaired) electrons. The van der Waals surface area contributed by atoms with Crippen LogP contribution in [0.2, 0.25) is 0 Å². The van der Waals surface area contributed by atoms with Crippen molar-refractivity contribution >= 4 is 0 Å². The fourth-order valence-corrected chi connectivity index (χ4v) is 2.24. The maximum absolute atomic E-state index is 12.1. The number of likely N-dealkylation sites (N-methyl/N-ethyl adjacent to an activating group) is 1. The first-order valence-corrected chi connectivity index (χ1v) is 7.57. The first kappa shape index (κ1) is 17.9. The molecule has 1 unspecified atom stereocenters. The van der Waals surface area contributed by atoms with Crippen molar-refractivity contribution in [2.75, 3.05) is 26.2 Å². The SMILES string of the molecule is CCCN(CC)CCNC(C)c1ccc(OC(F)F)cc1. The van der Waals surface area contributed by atoms with E-state index in [4.69, 9.17) is 0 Å². The highest BCUT2D eigenvalue weighted by atomic mass is 19.3. The monoisotopic (exact) mass is 300 g/mol. The van der Waals surface area contributed by atoms with Crippen molar-refractivity contribution in [1.29, 1.82) is 0 Å². The summed E-state index contributed by atoms with van der Waals surface area (Å²) in [5.41, 5.74) is 1.06. The summed E-state index contributed by atoms with van der Waals surface area (Å²) in [4.78, 5) is 2.40. The minimum atomic E-state index is -2.77. The van der Waals surface area contributed by atoms with E-state index in [1.54, 1.807) is 12.1 Å². The average Bonchev–Trinajstić information content (AvgIpc) is 2.46. The fraction of sp³-hybridized carbons (Fsp3) is 0.625. The van der Waals surface area contributed by atoms with Crippen molar-refractivity contribution in [3.63, 3.8) is 0 Å². The summed E-state index contributed by atoms with van der Waals surface area (Å²) in [6.45, 7) is 7.74. The Morgan fingerprint density at radius 1 is 1.14 bits per heavy atom. The topological polar surface area (TPSA) is 24.5 Å². The second-order valence-corrected chi connectivity index (χ2v) is 5.06. The van der Waals surface area contributed by atoms with E-state index in [-0.39, 0.29) is 11.8 Å². The molecule has 0 aliphatic heterocycles. The van der Waals surface area contributed by atoms with Gasteiger partial charge in [0.1, 0.15) is 5.75 Å². The zero-order chi connectivity index (χ0) is 15.7. The summed E-state index contributed by atoms with van der Waals surface area (Å²) in [6, 6.07) is 6.98. The quantitative estimate of drug-likeness (QED) is 0.713. The van der Waals surface area contributed by atoms with Crippen LogP contribution in [0.25, 0.3) is 0 Å². The Balaban J connectivity index is 2.39. The second-order valence-electron chi connectivity index (χ2n) is 5.06. The van der Waals surface area contributed by atoms with Crippen LogP contribution in [0.3, 0.4) is 0 Å². The Kier molecular flexibility index (Phi) is 8.23. The van der Waals surface area contributed by atoms with Gasteiger partial charge in [0.2, 0.25) is 0 Å².